The molecule has 0 aliphatic heterocycles. The molecule has 1 heterocycles. The van der Waals surface area contributed by atoms with Crippen molar-refractivity contribution in [2.75, 3.05) is 36.8 Å². The van der Waals surface area contributed by atoms with Crippen LogP contribution in [0.5, 0.6) is 0 Å². The van der Waals surface area contributed by atoms with Crippen LogP contribution < -0.4 is 4.90 Å². The predicted octanol–water partition coefficient (Wildman–Crippen LogP) is 5.18. The molecule has 0 N–H and O–H groups in total. The van der Waals surface area contributed by atoms with Crippen molar-refractivity contribution in [3.05, 3.63) is 53.1 Å². The zero-order valence-electron chi connectivity index (χ0n) is 20.5. The first-order chi connectivity index (χ1) is 15.6. The highest BCUT2D eigenvalue weighted by atomic mass is 35.5. The zero-order chi connectivity index (χ0) is 24.2. The van der Waals surface area contributed by atoms with E-state index in [1.807, 2.05) is 26.8 Å². The number of hydrogen-bond donors (Lipinski definition) is 0. The second-order valence-corrected chi connectivity index (χ2v) is 11.5. The Bertz CT molecular complexity index is 1220. The lowest BCUT2D eigenvalue weighted by atomic mass is 10.1. The van der Waals surface area contributed by atoms with E-state index in [9.17, 15) is 13.2 Å². The van der Waals surface area contributed by atoms with Gasteiger partial charge in [-0.05, 0) is 63.2 Å². The van der Waals surface area contributed by atoms with Gasteiger partial charge >= 0.3 is 0 Å². The number of anilines is 1. The number of sulfone groups is 1. The van der Waals surface area contributed by atoms with Gasteiger partial charge in [-0.25, -0.2) is 13.4 Å². The van der Waals surface area contributed by atoms with Crippen LogP contribution in [0.25, 0.3) is 10.2 Å². The van der Waals surface area contributed by atoms with E-state index in [0.717, 1.165) is 40.0 Å². The Hall–Kier alpha value is -2.00. The summed E-state index contributed by atoms with van der Waals surface area (Å²) in [6.45, 7) is 13.1. The second kappa shape index (κ2) is 12.1. The molecular formula is C25H34ClN3O3S2. The summed E-state index contributed by atoms with van der Waals surface area (Å²) in [4.78, 5) is 22.2. The maximum Gasteiger partial charge on any atom is 0.229 e. The number of benzene rings is 2. The number of amides is 1. The van der Waals surface area contributed by atoms with Crippen LogP contribution in [0.1, 0.15) is 37.0 Å². The smallest absolute Gasteiger partial charge is 0.229 e. The van der Waals surface area contributed by atoms with Crippen LogP contribution in [-0.2, 0) is 14.6 Å². The van der Waals surface area contributed by atoms with Gasteiger partial charge in [0.15, 0.2) is 15.0 Å². The van der Waals surface area contributed by atoms with Gasteiger partial charge in [0.25, 0.3) is 0 Å². The number of aryl methyl sites for hydroxylation is 3. The van der Waals surface area contributed by atoms with Gasteiger partial charge in [-0.2, -0.15) is 0 Å². The molecule has 1 aromatic heterocycles. The van der Waals surface area contributed by atoms with E-state index in [1.54, 1.807) is 29.2 Å². The van der Waals surface area contributed by atoms with Crippen molar-refractivity contribution in [1.82, 2.24) is 9.88 Å². The molecule has 0 atom stereocenters. The zero-order valence-corrected chi connectivity index (χ0v) is 22.9. The lowest BCUT2D eigenvalue weighted by molar-refractivity contribution is -0.118. The van der Waals surface area contributed by atoms with Crippen molar-refractivity contribution in [2.24, 2.45) is 0 Å². The monoisotopic (exact) mass is 523 g/mol. The fourth-order valence-corrected chi connectivity index (χ4v) is 6.10. The van der Waals surface area contributed by atoms with Gasteiger partial charge in [-0.1, -0.05) is 48.9 Å². The number of rotatable bonds is 10. The Morgan fingerprint density at radius 3 is 2.24 bits per heavy atom. The Balaban J connectivity index is 0.00000408. The molecule has 0 bridgehead atoms. The normalized spacial score (nSPS) is 11.6. The molecule has 0 radical (unpaired) electrons. The highest BCUT2D eigenvalue weighted by Crippen LogP contribution is 2.32. The topological polar surface area (TPSA) is 70.6 Å². The molecule has 0 saturated heterocycles. The summed E-state index contributed by atoms with van der Waals surface area (Å²) in [5.41, 5.74) is 4.13. The lowest BCUT2D eigenvalue weighted by Crippen LogP contribution is -2.39. The minimum atomic E-state index is -3.54. The van der Waals surface area contributed by atoms with Crippen LogP contribution in [0.2, 0.25) is 0 Å². The molecule has 0 aliphatic rings. The number of carbonyl (C=O) groups is 1. The van der Waals surface area contributed by atoms with Crippen LogP contribution in [0.15, 0.2) is 41.3 Å². The first-order valence-electron chi connectivity index (χ1n) is 11.3. The molecule has 0 saturated carbocycles. The van der Waals surface area contributed by atoms with E-state index in [4.69, 9.17) is 4.98 Å². The van der Waals surface area contributed by atoms with Crippen LogP contribution >= 0.6 is 23.7 Å². The fourth-order valence-electron chi connectivity index (χ4n) is 3.81. The quantitative estimate of drug-likeness (QED) is 0.366. The molecule has 6 nitrogen and oxygen atoms in total. The van der Waals surface area contributed by atoms with Crippen molar-refractivity contribution in [2.45, 2.75) is 45.9 Å². The van der Waals surface area contributed by atoms with E-state index < -0.39 is 9.84 Å². The summed E-state index contributed by atoms with van der Waals surface area (Å²) >= 11 is 1.49. The molecule has 186 valence electrons. The molecular weight excluding hydrogens is 490 g/mol. The number of halogens is 1. The fraction of sp³-hybridized carbons (Fsp3) is 0.440. The molecule has 2 aromatic carbocycles. The molecule has 3 rings (SSSR count). The average molecular weight is 524 g/mol. The van der Waals surface area contributed by atoms with Gasteiger partial charge in [0.1, 0.15) is 0 Å². The summed E-state index contributed by atoms with van der Waals surface area (Å²) < 4.78 is 26.7. The maximum absolute atomic E-state index is 13.3. The van der Waals surface area contributed by atoms with Crippen molar-refractivity contribution in [3.8, 4) is 0 Å². The lowest BCUT2D eigenvalue weighted by Gasteiger charge is -2.24. The Morgan fingerprint density at radius 2 is 1.62 bits per heavy atom. The average Bonchev–Trinajstić information content (AvgIpc) is 3.19. The number of nitrogens with zero attached hydrogens (tertiary/aromatic N) is 3. The molecule has 0 fully saturated rings. The molecule has 9 heteroatoms. The number of hydrogen-bond acceptors (Lipinski definition) is 6. The summed E-state index contributed by atoms with van der Waals surface area (Å²) in [5.74, 6) is -0.439. The van der Waals surface area contributed by atoms with E-state index in [1.165, 1.54) is 11.3 Å². The molecule has 34 heavy (non-hydrogen) atoms. The van der Waals surface area contributed by atoms with Crippen molar-refractivity contribution in [1.29, 1.82) is 0 Å². The van der Waals surface area contributed by atoms with E-state index in [2.05, 4.69) is 24.8 Å². The highest BCUT2D eigenvalue weighted by molar-refractivity contribution is 7.91. The molecule has 0 unspecified atom stereocenters. The number of thiazole rings is 1. The van der Waals surface area contributed by atoms with E-state index in [-0.39, 0.29) is 35.4 Å². The number of aromatic nitrogens is 1. The largest absolute Gasteiger partial charge is 0.302 e. The first-order valence-corrected chi connectivity index (χ1v) is 13.8. The summed E-state index contributed by atoms with van der Waals surface area (Å²) in [6.07, 6.45) is -0.0810. The minimum absolute atomic E-state index is 0. The highest BCUT2D eigenvalue weighted by Gasteiger charge is 2.24. The Labute approximate surface area is 213 Å². The third-order valence-corrected chi connectivity index (χ3v) is 8.80. The summed E-state index contributed by atoms with van der Waals surface area (Å²) in [7, 11) is -3.54. The third-order valence-electron chi connectivity index (χ3n) is 5.84. The van der Waals surface area contributed by atoms with Crippen molar-refractivity contribution >= 4 is 54.8 Å². The maximum atomic E-state index is 13.3. The van der Waals surface area contributed by atoms with Crippen LogP contribution in [0.3, 0.4) is 0 Å². The van der Waals surface area contributed by atoms with E-state index >= 15 is 0 Å². The second-order valence-electron chi connectivity index (χ2n) is 8.38. The predicted molar refractivity (Wildman–Crippen MR) is 144 cm³/mol. The van der Waals surface area contributed by atoms with Crippen molar-refractivity contribution < 1.29 is 13.2 Å². The van der Waals surface area contributed by atoms with Crippen molar-refractivity contribution in [3.63, 3.8) is 0 Å². The van der Waals surface area contributed by atoms with Crippen LogP contribution in [-0.4, -0.2) is 56.1 Å². The first kappa shape index (κ1) is 28.2. The Kier molecular flexibility index (Phi) is 10.1. The summed E-state index contributed by atoms with van der Waals surface area (Å²) in [5, 5.41) is 0.628. The van der Waals surface area contributed by atoms with Gasteiger partial charge in [0.05, 0.1) is 20.9 Å². The third kappa shape index (κ3) is 6.78. The molecule has 0 spiro atoms. The molecule has 1 amide bonds. The molecule has 3 aromatic rings. The number of carbonyl (C=O) groups excluding carboxylic acids is 1. The van der Waals surface area contributed by atoms with Gasteiger partial charge in [0.2, 0.25) is 5.91 Å². The van der Waals surface area contributed by atoms with Gasteiger partial charge in [0, 0.05) is 19.5 Å². The SMILES string of the molecule is CCN(CC)CCN(C(=O)CCS(=O)(=O)c1ccc(C)cc1)c1nc2cc(C)cc(C)c2s1.Cl. The van der Waals surface area contributed by atoms with Crippen LogP contribution in [0.4, 0.5) is 5.13 Å². The molecule has 0 aliphatic carbocycles. The van der Waals surface area contributed by atoms with Gasteiger partial charge < -0.3 is 4.90 Å². The van der Waals surface area contributed by atoms with Gasteiger partial charge in [-0.3, -0.25) is 9.69 Å². The van der Waals surface area contributed by atoms with Crippen LogP contribution in [0, 0.1) is 20.8 Å². The summed E-state index contributed by atoms with van der Waals surface area (Å²) in [6, 6.07) is 10.9. The standard InChI is InChI=1S/C25H33N3O3S2.ClH/c1-6-27(7-2)13-14-28(25-26-22-17-19(4)16-20(5)24(22)32-25)23(29)12-15-33(30,31)21-10-8-18(3)9-11-21;/h8-11,16-17H,6-7,12-15H2,1-5H3;1H. The number of fused-ring (bicyclic) bond motifs is 1. The Morgan fingerprint density at radius 1 is 0.971 bits per heavy atom. The minimum Gasteiger partial charge on any atom is -0.302 e. The van der Waals surface area contributed by atoms with Gasteiger partial charge in [-0.15, -0.1) is 12.4 Å². The van der Waals surface area contributed by atoms with E-state index in [0.29, 0.717) is 18.2 Å². The number of likely N-dealkylation sites (N-methyl/N-ethyl adjacent to an activating group) is 1.